The molecule has 0 aromatic heterocycles. The number of carboxylic acid groups (broad SMARTS) is 2. The van der Waals surface area contributed by atoms with Crippen LogP contribution < -0.4 is 4.74 Å². The van der Waals surface area contributed by atoms with Crippen LogP contribution in [0.1, 0.15) is 18.0 Å². The summed E-state index contributed by atoms with van der Waals surface area (Å²) in [6.45, 7) is 0.656. The lowest BCUT2D eigenvalue weighted by atomic mass is 10.0. The monoisotopic (exact) mass is 429 g/mol. The standard InChI is InChI=1S/C21H22ClNO.C2H2O4/c1-23(2)20(16-8-4-3-5-9-16)14-15-24-21-13-12-19(22)17-10-6-7-11-18(17)21;3-1(4)2(5)6/h3-13,20H,14-15H2,1-2H3;(H,3,4)(H,5,6). The minimum absolute atomic E-state index is 0.338. The zero-order valence-corrected chi connectivity index (χ0v) is 17.5. The summed E-state index contributed by atoms with van der Waals surface area (Å²) in [5.74, 6) is -2.76. The Morgan fingerprint density at radius 2 is 1.47 bits per heavy atom. The lowest BCUT2D eigenvalue weighted by molar-refractivity contribution is -0.159. The Kier molecular flexibility index (Phi) is 8.65. The van der Waals surface area contributed by atoms with Gasteiger partial charge in [-0.3, -0.25) is 0 Å². The predicted octanol–water partition coefficient (Wildman–Crippen LogP) is 4.72. The van der Waals surface area contributed by atoms with E-state index in [1.54, 1.807) is 0 Å². The molecule has 0 radical (unpaired) electrons. The van der Waals surface area contributed by atoms with Crippen molar-refractivity contribution in [3.05, 3.63) is 77.3 Å². The van der Waals surface area contributed by atoms with Crippen LogP contribution >= 0.6 is 11.6 Å². The Labute approximate surface area is 180 Å². The average molecular weight is 430 g/mol. The van der Waals surface area contributed by atoms with Crippen molar-refractivity contribution in [2.24, 2.45) is 0 Å². The highest BCUT2D eigenvalue weighted by Gasteiger charge is 2.14. The number of benzene rings is 3. The highest BCUT2D eigenvalue weighted by Crippen LogP contribution is 2.32. The third kappa shape index (κ3) is 6.47. The van der Waals surface area contributed by atoms with Gasteiger partial charge in [0, 0.05) is 28.3 Å². The smallest absolute Gasteiger partial charge is 0.414 e. The zero-order chi connectivity index (χ0) is 22.1. The van der Waals surface area contributed by atoms with E-state index >= 15 is 0 Å². The van der Waals surface area contributed by atoms with Gasteiger partial charge in [0.1, 0.15) is 5.75 Å². The molecule has 1 atom stereocenters. The van der Waals surface area contributed by atoms with Crippen LogP contribution in [0.4, 0.5) is 0 Å². The molecule has 0 saturated heterocycles. The summed E-state index contributed by atoms with van der Waals surface area (Å²) in [5.41, 5.74) is 1.31. The molecule has 0 heterocycles. The van der Waals surface area contributed by atoms with Gasteiger partial charge in [-0.25, -0.2) is 9.59 Å². The molecule has 0 aliphatic rings. The molecule has 158 valence electrons. The van der Waals surface area contributed by atoms with Crippen molar-refractivity contribution in [3.8, 4) is 5.75 Å². The predicted molar refractivity (Wildman–Crippen MR) is 117 cm³/mol. The van der Waals surface area contributed by atoms with Gasteiger partial charge in [0.15, 0.2) is 0 Å². The third-order valence-corrected chi connectivity index (χ3v) is 4.80. The van der Waals surface area contributed by atoms with E-state index in [1.165, 1.54) is 5.56 Å². The summed E-state index contributed by atoms with van der Waals surface area (Å²) in [6.07, 6.45) is 0.925. The molecule has 0 aliphatic carbocycles. The molecule has 3 rings (SSSR count). The van der Waals surface area contributed by atoms with Crippen LogP contribution in [0.25, 0.3) is 10.8 Å². The van der Waals surface area contributed by atoms with Gasteiger partial charge in [-0.05, 0) is 31.8 Å². The molecule has 30 heavy (non-hydrogen) atoms. The van der Waals surface area contributed by atoms with E-state index in [9.17, 15) is 0 Å². The molecular weight excluding hydrogens is 406 g/mol. The summed E-state index contributed by atoms with van der Waals surface area (Å²) in [4.78, 5) is 20.4. The summed E-state index contributed by atoms with van der Waals surface area (Å²) < 4.78 is 6.09. The van der Waals surface area contributed by atoms with Crippen LogP contribution in [0.3, 0.4) is 0 Å². The van der Waals surface area contributed by atoms with Gasteiger partial charge >= 0.3 is 11.9 Å². The Bertz CT molecular complexity index is 979. The van der Waals surface area contributed by atoms with E-state index in [2.05, 4.69) is 49.3 Å². The Morgan fingerprint density at radius 1 is 0.900 bits per heavy atom. The first-order valence-electron chi connectivity index (χ1n) is 9.29. The third-order valence-electron chi connectivity index (χ3n) is 4.47. The molecule has 7 heteroatoms. The molecule has 6 nitrogen and oxygen atoms in total. The lowest BCUT2D eigenvalue weighted by Gasteiger charge is -2.25. The summed E-state index contributed by atoms with van der Waals surface area (Å²) in [7, 11) is 4.21. The average Bonchev–Trinajstić information content (AvgIpc) is 2.73. The molecule has 0 fully saturated rings. The van der Waals surface area contributed by atoms with E-state index in [0.29, 0.717) is 12.6 Å². The van der Waals surface area contributed by atoms with E-state index in [1.807, 2.05) is 36.4 Å². The van der Waals surface area contributed by atoms with Crippen LogP contribution in [-0.2, 0) is 9.59 Å². The molecule has 3 aromatic carbocycles. The first-order chi connectivity index (χ1) is 14.3. The molecule has 2 N–H and O–H groups in total. The number of nitrogens with zero attached hydrogens (tertiary/aromatic N) is 1. The Hall–Kier alpha value is -3.09. The highest BCUT2D eigenvalue weighted by molar-refractivity contribution is 6.35. The number of carbonyl (C=O) groups is 2. The van der Waals surface area contributed by atoms with Gasteiger partial charge in [0.25, 0.3) is 0 Å². The van der Waals surface area contributed by atoms with Crippen LogP contribution in [0.2, 0.25) is 5.02 Å². The van der Waals surface area contributed by atoms with Crippen LogP contribution in [0, 0.1) is 0 Å². The Balaban J connectivity index is 0.000000469. The van der Waals surface area contributed by atoms with Gasteiger partial charge in [0.2, 0.25) is 0 Å². The molecular formula is C23H24ClNO5. The molecule has 0 saturated carbocycles. The number of fused-ring (bicyclic) bond motifs is 1. The van der Waals surface area contributed by atoms with Crippen LogP contribution in [-0.4, -0.2) is 47.8 Å². The number of hydrogen-bond acceptors (Lipinski definition) is 4. The molecule has 1 unspecified atom stereocenters. The number of hydrogen-bond donors (Lipinski definition) is 2. The largest absolute Gasteiger partial charge is 0.493 e. The fourth-order valence-electron chi connectivity index (χ4n) is 3.04. The minimum atomic E-state index is -1.82. The van der Waals surface area contributed by atoms with Gasteiger partial charge < -0.3 is 19.8 Å². The van der Waals surface area contributed by atoms with Gasteiger partial charge in [-0.15, -0.1) is 0 Å². The number of carboxylic acids is 2. The van der Waals surface area contributed by atoms with Crippen molar-refractivity contribution in [1.29, 1.82) is 0 Å². The van der Waals surface area contributed by atoms with Gasteiger partial charge in [-0.1, -0.05) is 66.2 Å². The second kappa shape index (κ2) is 11.2. The molecule has 0 bridgehead atoms. The minimum Gasteiger partial charge on any atom is -0.493 e. The molecule has 0 spiro atoms. The maximum absolute atomic E-state index is 9.10. The SMILES string of the molecule is CN(C)C(CCOc1ccc(Cl)c2ccccc12)c1ccccc1.O=C(O)C(=O)O. The molecule has 0 amide bonds. The van der Waals surface area contributed by atoms with Crippen molar-refractivity contribution in [2.45, 2.75) is 12.5 Å². The maximum atomic E-state index is 9.10. The second-order valence-electron chi connectivity index (χ2n) is 6.73. The second-order valence-corrected chi connectivity index (χ2v) is 7.14. The normalized spacial score (nSPS) is 11.5. The van der Waals surface area contributed by atoms with E-state index in [-0.39, 0.29) is 0 Å². The number of aliphatic carboxylic acids is 2. The van der Waals surface area contributed by atoms with Gasteiger partial charge in [-0.2, -0.15) is 0 Å². The lowest BCUT2D eigenvalue weighted by Crippen LogP contribution is -2.22. The van der Waals surface area contributed by atoms with Gasteiger partial charge in [0.05, 0.1) is 6.61 Å². The van der Waals surface area contributed by atoms with Crippen molar-refractivity contribution in [3.63, 3.8) is 0 Å². The van der Waals surface area contributed by atoms with Crippen LogP contribution in [0.15, 0.2) is 66.7 Å². The quantitative estimate of drug-likeness (QED) is 0.551. The topological polar surface area (TPSA) is 87.1 Å². The van der Waals surface area contributed by atoms with Crippen molar-refractivity contribution >= 4 is 34.3 Å². The fourth-order valence-corrected chi connectivity index (χ4v) is 3.27. The molecule has 0 aliphatic heterocycles. The number of ether oxygens (including phenoxy) is 1. The first kappa shape index (κ1) is 23.2. The number of halogens is 1. The number of rotatable bonds is 6. The van der Waals surface area contributed by atoms with Crippen molar-refractivity contribution < 1.29 is 24.5 Å². The van der Waals surface area contributed by atoms with E-state index in [4.69, 9.17) is 36.1 Å². The van der Waals surface area contributed by atoms with Crippen LogP contribution in [0.5, 0.6) is 5.75 Å². The Morgan fingerprint density at radius 3 is 2.03 bits per heavy atom. The van der Waals surface area contributed by atoms with Crippen molar-refractivity contribution in [2.75, 3.05) is 20.7 Å². The summed E-state index contributed by atoms with van der Waals surface area (Å²) in [5, 5.41) is 17.6. The first-order valence-corrected chi connectivity index (χ1v) is 9.66. The highest BCUT2D eigenvalue weighted by atomic mass is 35.5. The summed E-state index contributed by atoms with van der Waals surface area (Å²) in [6, 6.07) is 22.8. The van der Waals surface area contributed by atoms with Crippen molar-refractivity contribution in [1.82, 2.24) is 4.90 Å². The van der Waals surface area contributed by atoms with E-state index in [0.717, 1.165) is 28.0 Å². The fraction of sp³-hybridized carbons (Fsp3) is 0.217. The molecule has 3 aromatic rings. The van der Waals surface area contributed by atoms with E-state index < -0.39 is 11.9 Å². The maximum Gasteiger partial charge on any atom is 0.414 e. The zero-order valence-electron chi connectivity index (χ0n) is 16.8. The summed E-state index contributed by atoms with van der Waals surface area (Å²) >= 11 is 6.27.